The van der Waals surface area contributed by atoms with Gasteiger partial charge in [0, 0.05) is 19.4 Å². The molecule has 0 saturated carbocycles. The molecule has 7 heteroatoms. The van der Waals surface area contributed by atoms with Crippen LogP contribution in [0.1, 0.15) is 15.8 Å². The first-order valence-electron chi connectivity index (χ1n) is 4.63. The molecule has 2 rings (SSSR count). The summed E-state index contributed by atoms with van der Waals surface area (Å²) >= 11 is 23.7. The quantitative estimate of drug-likeness (QED) is 0.305. The van der Waals surface area contributed by atoms with E-state index in [0.717, 1.165) is 13.1 Å². The van der Waals surface area contributed by atoms with Crippen LogP contribution in [0.2, 0.25) is 5.02 Å². The zero-order valence-electron chi connectivity index (χ0n) is 8.49. The van der Waals surface area contributed by atoms with Crippen LogP contribution < -0.4 is 0 Å². The monoisotopic (exact) mass is 494 g/mol. The van der Waals surface area contributed by atoms with Crippen LogP contribution in [0.5, 0.6) is 0 Å². The van der Waals surface area contributed by atoms with Crippen molar-refractivity contribution in [3.63, 3.8) is 0 Å². The van der Waals surface area contributed by atoms with Crippen molar-refractivity contribution in [2.45, 2.75) is 5.38 Å². The van der Waals surface area contributed by atoms with Crippen molar-refractivity contribution in [2.24, 2.45) is 0 Å². The zero-order valence-corrected chi connectivity index (χ0v) is 15.6. The van der Waals surface area contributed by atoms with Crippen LogP contribution in [0.15, 0.2) is 30.9 Å². The number of halogens is 6. The molecule has 0 radical (unpaired) electrons. The van der Waals surface area contributed by atoms with Gasteiger partial charge >= 0.3 is 0 Å². The molecule has 1 atom stereocenters. The molecule has 96 valence electrons. The van der Waals surface area contributed by atoms with Gasteiger partial charge in [-0.15, -0.1) is 22.9 Å². The molecule has 1 aromatic carbocycles. The van der Waals surface area contributed by atoms with Crippen molar-refractivity contribution in [3.05, 3.63) is 52.2 Å². The Morgan fingerprint density at radius 1 is 1.11 bits per heavy atom. The van der Waals surface area contributed by atoms with E-state index in [0.29, 0.717) is 15.1 Å². The van der Waals surface area contributed by atoms with E-state index in [2.05, 4.69) is 47.8 Å². The van der Waals surface area contributed by atoms with Gasteiger partial charge in [0.2, 0.25) is 0 Å². The maximum Gasteiger partial charge on any atom is 0.129 e. The maximum absolute atomic E-state index is 13.9. The van der Waals surface area contributed by atoms with Gasteiger partial charge in [0.05, 0.1) is 14.2 Å². The molecule has 0 amide bonds. The van der Waals surface area contributed by atoms with Crippen LogP contribution in [-0.2, 0) is 0 Å². The van der Waals surface area contributed by atoms with Crippen molar-refractivity contribution in [3.8, 4) is 0 Å². The molecule has 18 heavy (non-hydrogen) atoms. The normalized spacial score (nSPS) is 12.8. The van der Waals surface area contributed by atoms with E-state index in [1.54, 1.807) is 6.07 Å². The zero-order chi connectivity index (χ0) is 13.4. The molecule has 0 aliphatic rings. The molecule has 0 nitrogen and oxygen atoms in total. The SMILES string of the molecule is Fc1cc(Br)c(Cl)cc1C(Cl)c1cc(Br)c(Br)s1. The lowest BCUT2D eigenvalue weighted by Gasteiger charge is -2.10. The van der Waals surface area contributed by atoms with Gasteiger partial charge in [0.25, 0.3) is 0 Å². The predicted octanol–water partition coefficient (Wildman–Crippen LogP) is 7.16. The van der Waals surface area contributed by atoms with Crippen LogP contribution in [0, 0.1) is 5.82 Å². The summed E-state index contributed by atoms with van der Waals surface area (Å²) in [7, 11) is 0. The van der Waals surface area contributed by atoms with E-state index in [1.165, 1.54) is 17.4 Å². The summed E-state index contributed by atoms with van der Waals surface area (Å²) in [5.74, 6) is -0.382. The summed E-state index contributed by atoms with van der Waals surface area (Å²) < 4.78 is 16.2. The van der Waals surface area contributed by atoms with Crippen LogP contribution in [-0.4, -0.2) is 0 Å². The Kier molecular flexibility index (Phi) is 5.17. The molecule has 2 aromatic rings. The van der Waals surface area contributed by atoms with Gasteiger partial charge < -0.3 is 0 Å². The highest BCUT2D eigenvalue weighted by molar-refractivity contribution is 9.13. The highest BCUT2D eigenvalue weighted by Crippen LogP contribution is 2.42. The first kappa shape index (κ1) is 15.3. The summed E-state index contributed by atoms with van der Waals surface area (Å²) in [6.45, 7) is 0. The average molecular weight is 498 g/mol. The molecular formula is C11H4Br3Cl2FS. The Morgan fingerprint density at radius 3 is 2.33 bits per heavy atom. The first-order valence-corrected chi connectivity index (χ1v) is 8.64. The van der Waals surface area contributed by atoms with E-state index in [-0.39, 0.29) is 5.82 Å². The molecule has 0 bridgehead atoms. The molecule has 0 aliphatic heterocycles. The van der Waals surface area contributed by atoms with Gasteiger partial charge in [-0.3, -0.25) is 0 Å². The summed E-state index contributed by atoms with van der Waals surface area (Å²) in [6.07, 6.45) is 0. The van der Waals surface area contributed by atoms with Gasteiger partial charge in [-0.1, -0.05) is 11.6 Å². The van der Waals surface area contributed by atoms with Gasteiger partial charge in [0.15, 0.2) is 0 Å². The first-order chi connectivity index (χ1) is 8.40. The van der Waals surface area contributed by atoms with Crippen molar-refractivity contribution < 1.29 is 4.39 Å². The van der Waals surface area contributed by atoms with Crippen molar-refractivity contribution in [2.75, 3.05) is 0 Å². The molecule has 1 heterocycles. The van der Waals surface area contributed by atoms with Gasteiger partial charge in [-0.05, 0) is 66.0 Å². The van der Waals surface area contributed by atoms with E-state index < -0.39 is 5.38 Å². The highest BCUT2D eigenvalue weighted by Gasteiger charge is 2.20. The summed E-state index contributed by atoms with van der Waals surface area (Å²) in [4.78, 5) is 0.840. The van der Waals surface area contributed by atoms with Crippen LogP contribution in [0.3, 0.4) is 0 Å². The number of alkyl halides is 1. The Labute approximate surface area is 143 Å². The number of hydrogen-bond acceptors (Lipinski definition) is 1. The molecule has 0 spiro atoms. The van der Waals surface area contributed by atoms with Gasteiger partial charge in [-0.2, -0.15) is 0 Å². The van der Waals surface area contributed by atoms with E-state index in [9.17, 15) is 4.39 Å². The number of thiophene rings is 1. The summed E-state index contributed by atoms with van der Waals surface area (Å²) in [6, 6.07) is 4.73. The molecule has 0 N–H and O–H groups in total. The average Bonchev–Trinajstić information content (AvgIpc) is 2.63. The predicted molar refractivity (Wildman–Crippen MR) is 86.5 cm³/mol. The van der Waals surface area contributed by atoms with Crippen LogP contribution in [0.25, 0.3) is 0 Å². The third-order valence-electron chi connectivity index (χ3n) is 2.23. The Balaban J connectivity index is 2.45. The fourth-order valence-corrected chi connectivity index (χ4v) is 4.31. The minimum atomic E-state index is -0.566. The molecule has 1 unspecified atom stereocenters. The Hall–Kier alpha value is 0.870. The van der Waals surface area contributed by atoms with Crippen LogP contribution in [0.4, 0.5) is 4.39 Å². The topological polar surface area (TPSA) is 0 Å². The van der Waals surface area contributed by atoms with E-state index in [4.69, 9.17) is 23.2 Å². The third kappa shape index (κ3) is 3.13. The number of hydrogen-bond donors (Lipinski definition) is 0. The highest BCUT2D eigenvalue weighted by atomic mass is 79.9. The smallest absolute Gasteiger partial charge is 0.129 e. The number of benzene rings is 1. The second-order valence-corrected chi connectivity index (χ2v) is 8.37. The van der Waals surface area contributed by atoms with Gasteiger partial charge in [0.1, 0.15) is 5.82 Å². The van der Waals surface area contributed by atoms with Crippen LogP contribution >= 0.6 is 82.3 Å². The largest absolute Gasteiger partial charge is 0.207 e. The third-order valence-corrected chi connectivity index (χ3v) is 7.34. The molecular weight excluding hydrogens is 494 g/mol. The van der Waals surface area contributed by atoms with Crippen molar-refractivity contribution >= 4 is 82.3 Å². The number of rotatable bonds is 2. The molecule has 0 saturated heterocycles. The lowest BCUT2D eigenvalue weighted by molar-refractivity contribution is 0.612. The fourth-order valence-electron chi connectivity index (χ4n) is 1.37. The van der Waals surface area contributed by atoms with Gasteiger partial charge in [-0.25, -0.2) is 4.39 Å². The molecule has 0 fully saturated rings. The second kappa shape index (κ2) is 6.10. The maximum atomic E-state index is 13.9. The fraction of sp³-hybridized carbons (Fsp3) is 0.0909. The molecule has 0 aliphatic carbocycles. The summed E-state index contributed by atoms with van der Waals surface area (Å²) in [5, 5.41) is -0.130. The van der Waals surface area contributed by atoms with E-state index in [1.807, 2.05) is 6.07 Å². The lowest BCUT2D eigenvalue weighted by atomic mass is 10.1. The summed E-state index contributed by atoms with van der Waals surface area (Å²) in [5.41, 5.74) is 0.367. The Morgan fingerprint density at radius 2 is 1.78 bits per heavy atom. The lowest BCUT2D eigenvalue weighted by Crippen LogP contribution is -1.95. The standard InChI is InChI=1S/C11H4Br3Cl2FS/c12-5-2-8(17)4(1-7(5)15)10(16)9-3-6(13)11(14)18-9/h1-3,10H. The molecule has 1 aromatic heterocycles. The van der Waals surface area contributed by atoms with E-state index >= 15 is 0 Å². The second-order valence-electron chi connectivity index (χ2n) is 3.42. The van der Waals surface area contributed by atoms with Crippen molar-refractivity contribution in [1.29, 1.82) is 0 Å². The Bertz CT molecular complexity index is 581. The van der Waals surface area contributed by atoms with Crippen molar-refractivity contribution in [1.82, 2.24) is 0 Å². The minimum Gasteiger partial charge on any atom is -0.207 e. The minimum absolute atomic E-state index is 0.367.